The van der Waals surface area contributed by atoms with Gasteiger partial charge in [0.15, 0.2) is 6.29 Å². The van der Waals surface area contributed by atoms with Crippen molar-refractivity contribution in [3.8, 4) is 0 Å². The SMILES string of the molecule is CC1/C=C/C=C/C=C/C=C/C=C/C=C/C=C/C(OC2O[C@H](C)[C@@H](O)[C@H](NC(c3ccc(Br)cc3)[P+](=O)O)[C@@H]2O)CC(O)C(C(=O)O)C(O)CC(=O)CC(O)CC(O)C(O)CCC(O)CC(O)CC(=O)OC(C)C(C)C1O. The van der Waals surface area contributed by atoms with Crippen molar-refractivity contribution in [3.05, 3.63) is 119 Å². The minimum Gasteiger partial charge on any atom is -0.481 e. The lowest BCUT2D eigenvalue weighted by Crippen LogP contribution is -2.63. The normalized spacial score (nSPS) is 38.9. The summed E-state index contributed by atoms with van der Waals surface area (Å²) in [7, 11) is -2.96. The fraction of sp³-hybridized carbons (Fsp3) is 0.574. The number of carbonyl (C=O) groups excluding carboxylic acids is 2. The van der Waals surface area contributed by atoms with Crippen LogP contribution in [0.1, 0.15) is 90.4 Å². The fourth-order valence-electron chi connectivity index (χ4n) is 8.57. The Morgan fingerprint density at radius 2 is 1.20 bits per heavy atom. The van der Waals surface area contributed by atoms with Crippen molar-refractivity contribution in [1.82, 2.24) is 5.32 Å². The molecule has 1 aromatic carbocycles. The third-order valence-electron chi connectivity index (χ3n) is 13.2. The number of carboxylic acids is 1. The first kappa shape index (κ1) is 66.3. The van der Waals surface area contributed by atoms with Gasteiger partial charge in [-0.3, -0.25) is 19.7 Å². The predicted octanol–water partition coefficient (Wildman–Crippen LogP) is 3.38. The van der Waals surface area contributed by atoms with E-state index >= 15 is 0 Å². The van der Waals surface area contributed by atoms with Crippen LogP contribution in [0.5, 0.6) is 0 Å². The Labute approximate surface area is 453 Å². The van der Waals surface area contributed by atoms with Crippen LogP contribution < -0.4 is 5.32 Å². The quantitative estimate of drug-likeness (QED) is 0.137. The third kappa shape index (κ3) is 23.2. The number of benzene rings is 1. The Bertz CT molecular complexity index is 2170. The molecule has 20 nitrogen and oxygen atoms in total. The lowest BCUT2D eigenvalue weighted by atomic mass is 9.88. The Hall–Kier alpha value is -3.97. The Morgan fingerprint density at radius 3 is 1.76 bits per heavy atom. The first-order valence-corrected chi connectivity index (χ1v) is 27.4. The maximum Gasteiger partial charge on any atom is 0.529 e. The van der Waals surface area contributed by atoms with Gasteiger partial charge in [0.2, 0.25) is 0 Å². The van der Waals surface area contributed by atoms with Crippen LogP contribution >= 0.6 is 24.0 Å². The van der Waals surface area contributed by atoms with Gasteiger partial charge in [-0.1, -0.05) is 127 Å². The standard InChI is InChI=1S/C54H77BrNO19P/c1-31-17-15-13-11-9-7-5-6-8-10-12-14-16-18-41(75-54-51(68)48(50(67)34(4)74-54)56-52(76(71)72)35-19-21-36(55)22-20-35)30-45(64)47(53(69)70)44(63)28-39(59)26-38(58)27-43(62)42(61)24-23-37(57)25-40(60)29-46(65)73-33(3)32(2)49(31)66/h5-22,31-34,37-38,40-45,47-52,54,56-58,60-64,66-68H,23-30H2,1-4H3,(H-,69,70,71,72)/p+1/b6-5+,9-7+,10-8+,13-11+,14-12+,17-15+,18-16+/t31?,32?,33?,34-,37?,38?,40?,41?,42?,43?,44?,45?,47?,48+,49?,50-,51+,52?,54?/m1/s1. The van der Waals surface area contributed by atoms with Gasteiger partial charge in [0.25, 0.3) is 5.78 Å². The summed E-state index contributed by atoms with van der Waals surface area (Å²) in [6, 6.07) is 5.12. The average Bonchev–Trinajstić information content (AvgIpc) is 3.33. The number of cyclic esters (lactones) is 1. The number of hydrogen-bond acceptors (Lipinski definition) is 18. The highest BCUT2D eigenvalue weighted by atomic mass is 79.9. The summed E-state index contributed by atoms with van der Waals surface area (Å²) < 4.78 is 30.7. The van der Waals surface area contributed by atoms with Crippen LogP contribution in [0.15, 0.2) is 114 Å². The van der Waals surface area contributed by atoms with Crippen molar-refractivity contribution in [1.29, 1.82) is 0 Å². The van der Waals surface area contributed by atoms with Crippen LogP contribution in [0.4, 0.5) is 0 Å². The molecule has 1 aromatic rings. The van der Waals surface area contributed by atoms with E-state index in [1.165, 1.54) is 19.1 Å². The number of carbonyl (C=O) groups is 3. The molecule has 424 valence electrons. The topological polar surface area (TPSA) is 351 Å². The molecule has 20 atom stereocenters. The molecule has 0 saturated carbocycles. The molecule has 0 radical (unpaired) electrons. The van der Waals surface area contributed by atoms with Crippen LogP contribution in [0.3, 0.4) is 0 Å². The van der Waals surface area contributed by atoms with Gasteiger partial charge in [-0.05, 0) is 49.8 Å². The summed E-state index contributed by atoms with van der Waals surface area (Å²) in [4.78, 5) is 48.5. The number of aliphatic carboxylic acids is 1. The van der Waals surface area contributed by atoms with Gasteiger partial charge < -0.3 is 70.4 Å². The highest BCUT2D eigenvalue weighted by molar-refractivity contribution is 9.10. The van der Waals surface area contributed by atoms with Crippen molar-refractivity contribution in [3.63, 3.8) is 0 Å². The van der Waals surface area contributed by atoms with Crippen molar-refractivity contribution in [2.45, 2.75) is 177 Å². The number of carboxylic acid groups (broad SMARTS) is 1. The lowest BCUT2D eigenvalue weighted by molar-refractivity contribution is -0.281. The fourth-order valence-corrected chi connectivity index (χ4v) is 9.56. The second-order valence-electron chi connectivity index (χ2n) is 19.4. The molecule has 16 unspecified atom stereocenters. The maximum atomic E-state index is 13.1. The number of aliphatic hydroxyl groups is 10. The first-order chi connectivity index (χ1) is 35.9. The lowest BCUT2D eigenvalue weighted by Gasteiger charge is -2.43. The van der Waals surface area contributed by atoms with Crippen LogP contribution in [0.2, 0.25) is 0 Å². The Morgan fingerprint density at radius 1 is 0.645 bits per heavy atom. The molecule has 2 heterocycles. The second-order valence-corrected chi connectivity index (χ2v) is 21.5. The molecule has 0 spiro atoms. The summed E-state index contributed by atoms with van der Waals surface area (Å²) >= 11 is 3.32. The second kappa shape index (κ2) is 34.1. The van der Waals surface area contributed by atoms with E-state index in [1.54, 1.807) is 111 Å². The van der Waals surface area contributed by atoms with E-state index in [4.69, 9.17) is 14.2 Å². The van der Waals surface area contributed by atoms with E-state index in [1.807, 2.05) is 6.92 Å². The molecule has 76 heavy (non-hydrogen) atoms. The highest BCUT2D eigenvalue weighted by Crippen LogP contribution is 2.38. The molecular formula is C54H78BrNO19P+. The number of rotatable bonds is 7. The van der Waals surface area contributed by atoms with Crippen LogP contribution in [-0.2, 0) is 33.2 Å². The largest absolute Gasteiger partial charge is 0.529 e. The van der Waals surface area contributed by atoms with Gasteiger partial charge in [-0.25, -0.2) is 0 Å². The first-order valence-electron chi connectivity index (χ1n) is 25.3. The highest BCUT2D eigenvalue weighted by Gasteiger charge is 2.48. The number of ether oxygens (including phenoxy) is 3. The predicted molar refractivity (Wildman–Crippen MR) is 284 cm³/mol. The maximum absolute atomic E-state index is 13.1. The molecule has 1 fully saturated rings. The number of allylic oxidation sites excluding steroid dienone is 12. The van der Waals surface area contributed by atoms with Gasteiger partial charge in [0.05, 0.1) is 79.6 Å². The summed E-state index contributed by atoms with van der Waals surface area (Å²) in [6.45, 7) is 6.63. The van der Waals surface area contributed by atoms with E-state index in [0.29, 0.717) is 10.0 Å². The monoisotopic (exact) mass is 1150 g/mol. The Balaban J connectivity index is 1.88. The van der Waals surface area contributed by atoms with Crippen molar-refractivity contribution in [2.75, 3.05) is 0 Å². The van der Waals surface area contributed by atoms with Crippen LogP contribution in [0.25, 0.3) is 0 Å². The Kier molecular flexibility index (Phi) is 29.8. The minimum atomic E-state index is -2.96. The molecule has 13 N–H and O–H groups in total. The van der Waals surface area contributed by atoms with Crippen LogP contribution in [-0.4, -0.2) is 170 Å². The molecule has 0 aliphatic carbocycles. The van der Waals surface area contributed by atoms with E-state index in [9.17, 15) is 80.0 Å². The summed E-state index contributed by atoms with van der Waals surface area (Å²) in [5, 5.41) is 122. The molecule has 1 saturated heterocycles. The summed E-state index contributed by atoms with van der Waals surface area (Å²) in [5.41, 5.74) is 0.367. The van der Waals surface area contributed by atoms with Gasteiger partial charge in [0, 0.05) is 47.6 Å². The van der Waals surface area contributed by atoms with Crippen LogP contribution in [0, 0.1) is 17.8 Å². The number of Topliss-reactive ketones (excluding diaryl/α,β-unsaturated/α-hetero) is 1. The zero-order valence-corrected chi connectivity index (χ0v) is 45.5. The zero-order valence-electron chi connectivity index (χ0n) is 43.1. The number of halogens is 1. The molecule has 22 heteroatoms. The molecule has 3 rings (SSSR count). The molecule has 0 amide bonds. The smallest absolute Gasteiger partial charge is 0.481 e. The number of esters is 1. The van der Waals surface area contributed by atoms with Crippen molar-refractivity contribution < 1.29 is 94.2 Å². The summed E-state index contributed by atoms with van der Waals surface area (Å²) in [5.74, 6) is -7.36. The van der Waals surface area contributed by atoms with E-state index < -0.39 is 167 Å². The number of ketones is 1. The number of aliphatic hydroxyl groups excluding tert-OH is 10. The van der Waals surface area contributed by atoms with Gasteiger partial charge >= 0.3 is 20.0 Å². The van der Waals surface area contributed by atoms with E-state index in [2.05, 4.69) is 21.2 Å². The molecule has 2 aliphatic rings. The third-order valence-corrected chi connectivity index (χ3v) is 14.6. The van der Waals surface area contributed by atoms with Crippen molar-refractivity contribution in [2.24, 2.45) is 17.8 Å². The minimum absolute atomic E-state index is 0.135. The van der Waals surface area contributed by atoms with Crippen molar-refractivity contribution >= 4 is 41.7 Å². The molecule has 0 aromatic heterocycles. The van der Waals surface area contributed by atoms with Gasteiger partial charge in [-0.2, -0.15) is 4.89 Å². The van der Waals surface area contributed by atoms with Gasteiger partial charge in [-0.15, -0.1) is 0 Å². The van der Waals surface area contributed by atoms with Gasteiger partial charge in [0.1, 0.15) is 23.9 Å². The molecule has 0 bridgehead atoms. The molecular weight excluding hydrogens is 1080 g/mol. The number of nitrogens with one attached hydrogen (secondary N) is 1. The van der Waals surface area contributed by atoms with E-state index in [0.717, 1.165) is 0 Å². The number of hydrogen-bond donors (Lipinski definition) is 13. The molecule has 2 aliphatic heterocycles. The zero-order chi connectivity index (χ0) is 56.6. The summed E-state index contributed by atoms with van der Waals surface area (Å²) in [6.07, 6.45) is 0.165. The average molecular weight is 1160 g/mol. The van der Waals surface area contributed by atoms with E-state index in [-0.39, 0.29) is 25.2 Å².